The lowest BCUT2D eigenvalue weighted by atomic mass is 10.1. The van der Waals surface area contributed by atoms with Gasteiger partial charge in [0.1, 0.15) is 5.57 Å². The lowest BCUT2D eigenvalue weighted by molar-refractivity contribution is -0.122. The zero-order chi connectivity index (χ0) is 20.4. The minimum Gasteiger partial charge on any atom is -0.493 e. The van der Waals surface area contributed by atoms with Gasteiger partial charge in [0.25, 0.3) is 11.8 Å². The SMILES string of the molecule is COc1cc(Br)c(/C=C2/C(=O)NC(=S)N(c3ccc(Cl)cc3)C2=O)cc1OC. The van der Waals surface area contributed by atoms with E-state index in [0.717, 1.165) is 0 Å². The summed E-state index contributed by atoms with van der Waals surface area (Å²) in [5, 5.41) is 3.06. The molecule has 6 nitrogen and oxygen atoms in total. The molecule has 0 bridgehead atoms. The largest absolute Gasteiger partial charge is 0.493 e. The zero-order valence-electron chi connectivity index (χ0n) is 14.8. The van der Waals surface area contributed by atoms with Crippen molar-refractivity contribution in [3.8, 4) is 11.5 Å². The molecule has 0 unspecified atom stereocenters. The Morgan fingerprint density at radius 3 is 2.32 bits per heavy atom. The van der Waals surface area contributed by atoms with Crippen molar-refractivity contribution in [1.29, 1.82) is 0 Å². The number of nitrogens with one attached hydrogen (secondary N) is 1. The Morgan fingerprint density at radius 2 is 1.71 bits per heavy atom. The lowest BCUT2D eigenvalue weighted by Gasteiger charge is -2.29. The summed E-state index contributed by atoms with van der Waals surface area (Å²) in [6, 6.07) is 9.92. The third-order valence-corrected chi connectivity index (χ3v) is 5.21. The first-order valence-electron chi connectivity index (χ1n) is 7.94. The van der Waals surface area contributed by atoms with E-state index in [9.17, 15) is 9.59 Å². The Morgan fingerprint density at radius 1 is 1.11 bits per heavy atom. The molecule has 144 valence electrons. The van der Waals surface area contributed by atoms with E-state index in [1.807, 2.05) is 0 Å². The van der Waals surface area contributed by atoms with E-state index in [1.165, 1.54) is 25.2 Å². The van der Waals surface area contributed by atoms with Gasteiger partial charge in [-0.25, -0.2) is 0 Å². The first-order chi connectivity index (χ1) is 13.3. The summed E-state index contributed by atoms with van der Waals surface area (Å²) in [7, 11) is 3.02. The van der Waals surface area contributed by atoms with E-state index in [0.29, 0.717) is 32.2 Å². The topological polar surface area (TPSA) is 67.9 Å². The molecule has 28 heavy (non-hydrogen) atoms. The van der Waals surface area contributed by atoms with Crippen LogP contribution in [0.5, 0.6) is 11.5 Å². The number of thiocarbonyl (C=S) groups is 1. The van der Waals surface area contributed by atoms with Gasteiger partial charge in [-0.05, 0) is 60.3 Å². The van der Waals surface area contributed by atoms with Gasteiger partial charge in [-0.1, -0.05) is 27.5 Å². The molecule has 0 radical (unpaired) electrons. The maximum atomic E-state index is 13.0. The van der Waals surface area contributed by atoms with Gasteiger partial charge in [-0.3, -0.25) is 19.8 Å². The second kappa shape index (κ2) is 8.30. The van der Waals surface area contributed by atoms with Gasteiger partial charge in [0.2, 0.25) is 0 Å². The molecule has 2 amide bonds. The molecule has 0 spiro atoms. The van der Waals surface area contributed by atoms with E-state index in [2.05, 4.69) is 21.2 Å². The number of hydrogen-bond donors (Lipinski definition) is 1. The van der Waals surface area contributed by atoms with Crippen LogP contribution < -0.4 is 19.7 Å². The van der Waals surface area contributed by atoms with Crippen LogP contribution >= 0.6 is 39.7 Å². The third-order valence-electron chi connectivity index (χ3n) is 3.99. The van der Waals surface area contributed by atoms with Crippen molar-refractivity contribution in [2.45, 2.75) is 0 Å². The van der Waals surface area contributed by atoms with Crippen molar-refractivity contribution in [3.05, 3.63) is 57.0 Å². The Labute approximate surface area is 180 Å². The molecule has 1 aliphatic heterocycles. The number of hydrogen-bond acceptors (Lipinski definition) is 5. The molecule has 2 aromatic carbocycles. The highest BCUT2D eigenvalue weighted by Crippen LogP contribution is 2.35. The number of ether oxygens (including phenoxy) is 2. The minimum absolute atomic E-state index is 0.000787. The van der Waals surface area contributed by atoms with Gasteiger partial charge < -0.3 is 9.47 Å². The summed E-state index contributed by atoms with van der Waals surface area (Å²) in [6.45, 7) is 0. The summed E-state index contributed by atoms with van der Waals surface area (Å²) in [5.74, 6) is -0.147. The summed E-state index contributed by atoms with van der Waals surface area (Å²) >= 11 is 14.5. The molecule has 9 heteroatoms. The number of carbonyl (C=O) groups is 2. The van der Waals surface area contributed by atoms with Crippen LogP contribution in [0.2, 0.25) is 5.02 Å². The zero-order valence-corrected chi connectivity index (χ0v) is 17.9. The van der Waals surface area contributed by atoms with Crippen LogP contribution in [0.25, 0.3) is 6.08 Å². The monoisotopic (exact) mass is 480 g/mol. The maximum Gasteiger partial charge on any atom is 0.270 e. The molecule has 1 fully saturated rings. The van der Waals surface area contributed by atoms with Crippen LogP contribution in [0.3, 0.4) is 0 Å². The highest BCUT2D eigenvalue weighted by molar-refractivity contribution is 9.10. The van der Waals surface area contributed by atoms with Gasteiger partial charge >= 0.3 is 0 Å². The number of carbonyl (C=O) groups excluding carboxylic acids is 2. The molecule has 0 saturated carbocycles. The van der Waals surface area contributed by atoms with E-state index in [-0.39, 0.29) is 10.7 Å². The molecule has 2 aromatic rings. The van der Waals surface area contributed by atoms with Crippen molar-refractivity contribution in [2.75, 3.05) is 19.1 Å². The average Bonchev–Trinajstić information content (AvgIpc) is 2.67. The predicted molar refractivity (Wildman–Crippen MR) is 115 cm³/mol. The molecule has 0 atom stereocenters. The molecule has 1 N–H and O–H groups in total. The molecule has 0 aliphatic carbocycles. The van der Waals surface area contributed by atoms with Crippen LogP contribution in [0.4, 0.5) is 5.69 Å². The first kappa shape index (κ1) is 20.3. The first-order valence-corrected chi connectivity index (χ1v) is 9.52. The van der Waals surface area contributed by atoms with Crippen molar-refractivity contribution < 1.29 is 19.1 Å². The fourth-order valence-corrected chi connectivity index (χ4v) is 3.46. The van der Waals surface area contributed by atoms with Gasteiger partial charge in [0.15, 0.2) is 16.6 Å². The van der Waals surface area contributed by atoms with Crippen molar-refractivity contribution in [2.24, 2.45) is 0 Å². The Kier molecular flexibility index (Phi) is 6.02. The Hall–Kier alpha value is -2.42. The third kappa shape index (κ3) is 3.89. The number of anilines is 1. The Bertz CT molecular complexity index is 1010. The quantitative estimate of drug-likeness (QED) is 0.407. The number of amides is 2. The van der Waals surface area contributed by atoms with Crippen LogP contribution in [-0.4, -0.2) is 31.1 Å². The smallest absolute Gasteiger partial charge is 0.270 e. The number of rotatable bonds is 4. The minimum atomic E-state index is -0.582. The summed E-state index contributed by atoms with van der Waals surface area (Å²) in [4.78, 5) is 26.7. The van der Waals surface area contributed by atoms with Crippen molar-refractivity contribution >= 4 is 68.4 Å². The molecular weight excluding hydrogens is 468 g/mol. The highest BCUT2D eigenvalue weighted by atomic mass is 79.9. The van der Waals surface area contributed by atoms with E-state index in [1.54, 1.807) is 36.4 Å². The Balaban J connectivity index is 2.05. The van der Waals surface area contributed by atoms with Crippen LogP contribution in [0.15, 0.2) is 46.4 Å². The van der Waals surface area contributed by atoms with Gasteiger partial charge in [-0.15, -0.1) is 0 Å². The van der Waals surface area contributed by atoms with Crippen molar-refractivity contribution in [1.82, 2.24) is 5.32 Å². The molecule has 0 aromatic heterocycles. The van der Waals surface area contributed by atoms with Gasteiger partial charge in [0, 0.05) is 9.50 Å². The van der Waals surface area contributed by atoms with Crippen LogP contribution in [0, 0.1) is 0 Å². The predicted octanol–water partition coefficient (Wildman–Crippen LogP) is 3.95. The number of nitrogens with zero attached hydrogens (tertiary/aromatic N) is 1. The fourth-order valence-electron chi connectivity index (χ4n) is 2.62. The summed E-state index contributed by atoms with van der Waals surface area (Å²) in [5.41, 5.74) is 0.994. The van der Waals surface area contributed by atoms with E-state index >= 15 is 0 Å². The van der Waals surface area contributed by atoms with Crippen molar-refractivity contribution in [3.63, 3.8) is 0 Å². The number of methoxy groups -OCH3 is 2. The molecular formula is C19H14BrClN2O4S. The highest BCUT2D eigenvalue weighted by Gasteiger charge is 2.34. The summed E-state index contributed by atoms with van der Waals surface area (Å²) in [6.07, 6.45) is 1.47. The average molecular weight is 482 g/mol. The van der Waals surface area contributed by atoms with Gasteiger partial charge in [-0.2, -0.15) is 0 Å². The van der Waals surface area contributed by atoms with Gasteiger partial charge in [0.05, 0.1) is 19.9 Å². The standard InChI is InChI=1S/C19H14BrClN2O4S/c1-26-15-8-10(14(20)9-16(15)27-2)7-13-17(24)22-19(28)23(18(13)25)12-5-3-11(21)4-6-12/h3-9H,1-2H3,(H,22,24,28)/b13-7-. The van der Waals surface area contributed by atoms with E-state index in [4.69, 9.17) is 33.3 Å². The molecule has 1 heterocycles. The number of benzene rings is 2. The fraction of sp³-hybridized carbons (Fsp3) is 0.105. The number of halogens is 2. The lowest BCUT2D eigenvalue weighted by Crippen LogP contribution is -2.54. The van der Waals surface area contributed by atoms with Crippen LogP contribution in [-0.2, 0) is 9.59 Å². The van der Waals surface area contributed by atoms with E-state index < -0.39 is 11.8 Å². The maximum absolute atomic E-state index is 13.0. The summed E-state index contributed by atoms with van der Waals surface area (Å²) < 4.78 is 11.2. The molecule has 3 rings (SSSR count). The molecule has 1 aliphatic rings. The second-order valence-corrected chi connectivity index (χ2v) is 7.34. The molecule has 1 saturated heterocycles. The normalized spacial score (nSPS) is 15.6. The second-order valence-electron chi connectivity index (χ2n) is 5.66. The van der Waals surface area contributed by atoms with Crippen LogP contribution in [0.1, 0.15) is 5.56 Å².